The first-order valence-corrected chi connectivity index (χ1v) is 4.45. The molecule has 1 heterocycles. The second-order valence-electron chi connectivity index (χ2n) is 3.38. The second-order valence-corrected chi connectivity index (χ2v) is 3.38. The maximum absolute atomic E-state index is 13.3. The predicted octanol–water partition coefficient (Wildman–Crippen LogP) is 1.48. The number of hydrogen-bond acceptors (Lipinski definition) is 2. The molecule has 1 aromatic heterocycles. The van der Waals surface area contributed by atoms with E-state index in [0.29, 0.717) is 12.1 Å². The van der Waals surface area contributed by atoms with Crippen LogP contribution in [0.3, 0.4) is 0 Å². The lowest BCUT2D eigenvalue weighted by atomic mass is 10.2. The van der Waals surface area contributed by atoms with Gasteiger partial charge in [-0.1, -0.05) is 0 Å². The molecule has 0 fully saturated rings. The van der Waals surface area contributed by atoms with E-state index in [4.69, 9.17) is 5.73 Å². The van der Waals surface area contributed by atoms with Crippen molar-refractivity contribution in [2.75, 3.05) is 0 Å². The first-order valence-electron chi connectivity index (χ1n) is 4.45. The quantitative estimate of drug-likeness (QED) is 0.745. The van der Waals surface area contributed by atoms with E-state index in [0.717, 1.165) is 16.9 Å². The first kappa shape index (κ1) is 9.15. The van der Waals surface area contributed by atoms with Crippen molar-refractivity contribution < 1.29 is 4.39 Å². The summed E-state index contributed by atoms with van der Waals surface area (Å²) in [5, 5.41) is 0. The van der Waals surface area contributed by atoms with E-state index >= 15 is 0 Å². The van der Waals surface area contributed by atoms with E-state index in [2.05, 4.69) is 4.98 Å². The van der Waals surface area contributed by atoms with Crippen molar-refractivity contribution >= 4 is 11.0 Å². The summed E-state index contributed by atoms with van der Waals surface area (Å²) in [5.74, 6) is 0.564. The van der Waals surface area contributed by atoms with Crippen LogP contribution in [0.2, 0.25) is 0 Å². The maximum Gasteiger partial charge on any atom is 0.128 e. The largest absolute Gasteiger partial charge is 0.330 e. The average Bonchev–Trinajstić information content (AvgIpc) is 2.45. The monoisotopic (exact) mass is 193 g/mol. The molecule has 0 bridgehead atoms. The molecule has 1 aromatic carbocycles. The van der Waals surface area contributed by atoms with Gasteiger partial charge in [0.1, 0.15) is 11.6 Å². The number of hydrogen-bond donors (Lipinski definition) is 1. The Kier molecular flexibility index (Phi) is 2.00. The molecule has 0 amide bonds. The first-order chi connectivity index (χ1) is 6.63. The molecule has 0 saturated carbocycles. The fraction of sp³-hybridized carbons (Fsp3) is 0.300. The number of rotatable bonds is 1. The van der Waals surface area contributed by atoms with Crippen LogP contribution >= 0.6 is 0 Å². The van der Waals surface area contributed by atoms with Gasteiger partial charge < -0.3 is 10.3 Å². The van der Waals surface area contributed by atoms with E-state index in [1.54, 1.807) is 13.0 Å². The molecule has 3 nitrogen and oxygen atoms in total. The van der Waals surface area contributed by atoms with Gasteiger partial charge >= 0.3 is 0 Å². The summed E-state index contributed by atoms with van der Waals surface area (Å²) in [6.07, 6.45) is 0. The van der Waals surface area contributed by atoms with E-state index in [1.165, 1.54) is 6.07 Å². The Hall–Kier alpha value is -1.42. The number of halogens is 1. The fourth-order valence-corrected chi connectivity index (χ4v) is 1.55. The lowest BCUT2D eigenvalue weighted by Gasteiger charge is -1.99. The summed E-state index contributed by atoms with van der Waals surface area (Å²) in [6.45, 7) is 2.09. The van der Waals surface area contributed by atoms with Gasteiger partial charge in [0.15, 0.2) is 0 Å². The third kappa shape index (κ3) is 1.19. The zero-order valence-corrected chi connectivity index (χ0v) is 8.21. The third-order valence-corrected chi connectivity index (χ3v) is 2.44. The molecule has 14 heavy (non-hydrogen) atoms. The van der Waals surface area contributed by atoms with Crippen LogP contribution < -0.4 is 5.73 Å². The minimum atomic E-state index is -0.205. The minimum absolute atomic E-state index is 0.205. The Morgan fingerprint density at radius 1 is 1.50 bits per heavy atom. The van der Waals surface area contributed by atoms with Gasteiger partial charge in [0.25, 0.3) is 0 Å². The number of aromatic nitrogens is 2. The minimum Gasteiger partial charge on any atom is -0.330 e. The van der Waals surface area contributed by atoms with Gasteiger partial charge in [-0.25, -0.2) is 9.37 Å². The molecule has 0 aliphatic rings. The molecule has 0 aliphatic heterocycles. The molecule has 2 rings (SSSR count). The zero-order chi connectivity index (χ0) is 10.3. The molecule has 2 N–H and O–H groups in total. The molecule has 0 atom stereocenters. The molecule has 0 aliphatic carbocycles. The number of fused-ring (bicyclic) bond motifs is 1. The molecule has 4 heteroatoms. The summed E-state index contributed by atoms with van der Waals surface area (Å²) in [7, 11) is 1.84. The third-order valence-electron chi connectivity index (χ3n) is 2.44. The van der Waals surface area contributed by atoms with E-state index in [1.807, 2.05) is 11.6 Å². The number of benzene rings is 1. The second kappa shape index (κ2) is 3.06. The van der Waals surface area contributed by atoms with Crippen molar-refractivity contribution in [2.45, 2.75) is 13.5 Å². The van der Waals surface area contributed by atoms with Crippen molar-refractivity contribution in [1.29, 1.82) is 0 Å². The van der Waals surface area contributed by atoms with Crippen LogP contribution in [0.15, 0.2) is 12.1 Å². The number of nitrogens with two attached hydrogens (primary N) is 1. The van der Waals surface area contributed by atoms with Gasteiger partial charge in [0, 0.05) is 13.1 Å². The molecule has 0 spiro atoms. The fourth-order valence-electron chi connectivity index (χ4n) is 1.55. The highest BCUT2D eigenvalue weighted by Gasteiger charge is 2.08. The van der Waals surface area contributed by atoms with Crippen molar-refractivity contribution in [3.63, 3.8) is 0 Å². The van der Waals surface area contributed by atoms with Crippen LogP contribution in [0.4, 0.5) is 4.39 Å². The summed E-state index contributed by atoms with van der Waals surface area (Å²) in [5.41, 5.74) is 7.71. The van der Waals surface area contributed by atoms with Gasteiger partial charge in [-0.2, -0.15) is 0 Å². The molecule has 74 valence electrons. The highest BCUT2D eigenvalue weighted by molar-refractivity contribution is 5.77. The standard InChI is InChI=1S/C10H12FN3/c1-6-3-8-9(4-7(6)11)14(2)10(5-12)13-8/h3-4H,5,12H2,1-2H3. The number of nitrogens with zero attached hydrogens (tertiary/aromatic N) is 2. The lowest BCUT2D eigenvalue weighted by Crippen LogP contribution is -2.04. The predicted molar refractivity (Wildman–Crippen MR) is 53.3 cm³/mol. The Labute approximate surface area is 81.4 Å². The zero-order valence-electron chi connectivity index (χ0n) is 8.21. The van der Waals surface area contributed by atoms with Crippen LogP contribution in [-0.2, 0) is 13.6 Å². The Morgan fingerprint density at radius 2 is 2.21 bits per heavy atom. The van der Waals surface area contributed by atoms with Gasteiger partial charge in [-0.05, 0) is 18.6 Å². The SMILES string of the molecule is Cc1cc2nc(CN)n(C)c2cc1F. The molecule has 0 radical (unpaired) electrons. The lowest BCUT2D eigenvalue weighted by molar-refractivity contribution is 0.619. The highest BCUT2D eigenvalue weighted by atomic mass is 19.1. The topological polar surface area (TPSA) is 43.8 Å². The number of imidazole rings is 1. The average molecular weight is 193 g/mol. The van der Waals surface area contributed by atoms with Crippen molar-refractivity contribution in [3.8, 4) is 0 Å². The molecular formula is C10H12FN3. The summed E-state index contributed by atoms with van der Waals surface area (Å²) < 4.78 is 15.1. The van der Waals surface area contributed by atoms with Gasteiger partial charge in [-0.3, -0.25) is 0 Å². The molecule has 2 aromatic rings. The van der Waals surface area contributed by atoms with Crippen LogP contribution in [0.1, 0.15) is 11.4 Å². The van der Waals surface area contributed by atoms with Crippen LogP contribution in [-0.4, -0.2) is 9.55 Å². The Balaban J connectivity index is 2.80. The number of aryl methyl sites for hydroxylation is 2. The maximum atomic E-state index is 13.3. The summed E-state index contributed by atoms with van der Waals surface area (Å²) in [6, 6.07) is 3.24. The van der Waals surface area contributed by atoms with E-state index < -0.39 is 0 Å². The molecule has 0 unspecified atom stereocenters. The molecular weight excluding hydrogens is 181 g/mol. The van der Waals surface area contributed by atoms with Gasteiger partial charge in [-0.15, -0.1) is 0 Å². The van der Waals surface area contributed by atoms with Crippen molar-refractivity contribution in [3.05, 3.63) is 29.3 Å². The van der Waals surface area contributed by atoms with Crippen LogP contribution in [0.25, 0.3) is 11.0 Å². The Bertz CT molecular complexity index is 488. The van der Waals surface area contributed by atoms with Crippen LogP contribution in [0.5, 0.6) is 0 Å². The smallest absolute Gasteiger partial charge is 0.128 e. The summed E-state index contributed by atoms with van der Waals surface area (Å²) in [4.78, 5) is 4.30. The highest BCUT2D eigenvalue weighted by Crippen LogP contribution is 2.18. The van der Waals surface area contributed by atoms with Crippen LogP contribution in [0, 0.1) is 12.7 Å². The Morgan fingerprint density at radius 3 is 2.86 bits per heavy atom. The summed E-state index contributed by atoms with van der Waals surface area (Å²) >= 11 is 0. The van der Waals surface area contributed by atoms with Crippen molar-refractivity contribution in [1.82, 2.24) is 9.55 Å². The molecule has 0 saturated heterocycles. The van der Waals surface area contributed by atoms with E-state index in [-0.39, 0.29) is 5.82 Å². The van der Waals surface area contributed by atoms with E-state index in [9.17, 15) is 4.39 Å². The normalized spacial score (nSPS) is 11.1. The van der Waals surface area contributed by atoms with Crippen molar-refractivity contribution in [2.24, 2.45) is 12.8 Å². The van der Waals surface area contributed by atoms with Gasteiger partial charge in [0.2, 0.25) is 0 Å². The van der Waals surface area contributed by atoms with Gasteiger partial charge in [0.05, 0.1) is 17.6 Å².